The first-order valence-electron chi connectivity index (χ1n) is 18.5. The first kappa shape index (κ1) is 23.3. The van der Waals surface area contributed by atoms with Gasteiger partial charge in [-0.1, -0.05) is 114 Å². The molecule has 2 nitrogen and oxygen atoms in total. The number of benzene rings is 6. The summed E-state index contributed by atoms with van der Waals surface area (Å²) in [5.74, 6) is 0. The van der Waals surface area contributed by atoms with E-state index >= 15 is 0 Å². The second kappa shape index (κ2) is 10.2. The molecule has 2 heterocycles. The number of hydrogen-bond acceptors (Lipinski definition) is 0. The number of hydrogen-bond donors (Lipinski definition) is 0. The minimum atomic E-state index is -0.398. The van der Waals surface area contributed by atoms with Gasteiger partial charge < -0.3 is 9.13 Å². The first-order valence-corrected chi connectivity index (χ1v) is 16.0. The fourth-order valence-corrected chi connectivity index (χ4v) is 6.88. The molecule has 226 valence electrons. The van der Waals surface area contributed by atoms with Gasteiger partial charge in [0.05, 0.1) is 28.9 Å². The fourth-order valence-electron chi connectivity index (χ4n) is 6.88. The Morgan fingerprint density at radius 3 is 1.65 bits per heavy atom. The molecule has 0 aliphatic carbocycles. The number of aromatic nitrogens is 2. The van der Waals surface area contributed by atoms with Gasteiger partial charge in [-0.05, 0) is 93.7 Å². The van der Waals surface area contributed by atoms with Crippen molar-refractivity contribution in [2.24, 2.45) is 0 Å². The van der Waals surface area contributed by atoms with Crippen molar-refractivity contribution in [2.45, 2.75) is 52.4 Å². The van der Waals surface area contributed by atoms with Crippen LogP contribution in [0.25, 0.3) is 66.1 Å². The highest BCUT2D eigenvalue weighted by Gasteiger charge is 2.22. The van der Waals surface area contributed by atoms with Crippen molar-refractivity contribution in [1.82, 2.24) is 9.13 Å². The molecular weight excluding hydrogens is 556 g/mol. The maximum atomic E-state index is 8.90. The van der Waals surface area contributed by atoms with Gasteiger partial charge in [0.2, 0.25) is 0 Å². The molecule has 0 amide bonds. The monoisotopic (exact) mass is 601 g/mol. The number of nitrogens with zero attached hydrogens (tertiary/aromatic N) is 2. The molecule has 0 bridgehead atoms. The molecule has 0 N–H and O–H groups in total. The van der Waals surface area contributed by atoms with Crippen LogP contribution in [0.3, 0.4) is 0 Å². The highest BCUT2D eigenvalue weighted by molar-refractivity contribution is 6.17. The van der Waals surface area contributed by atoms with Gasteiger partial charge in [-0.2, -0.15) is 0 Å². The Balaban J connectivity index is 1.50. The molecule has 0 unspecified atom stereocenters. The quantitative estimate of drug-likeness (QED) is 0.191. The lowest BCUT2D eigenvalue weighted by molar-refractivity contribution is 0.590. The van der Waals surface area contributed by atoms with E-state index in [4.69, 9.17) is 6.85 Å². The summed E-state index contributed by atoms with van der Waals surface area (Å²) in [7, 11) is 0. The Morgan fingerprint density at radius 2 is 1.04 bits per heavy atom. The van der Waals surface area contributed by atoms with Crippen LogP contribution in [0.2, 0.25) is 0 Å². The molecule has 0 saturated heterocycles. The molecule has 2 heteroatoms. The van der Waals surface area contributed by atoms with E-state index in [2.05, 4.69) is 117 Å². The average Bonchev–Trinajstić information content (AvgIpc) is 3.61. The molecule has 0 saturated carbocycles. The predicted molar refractivity (Wildman–Crippen MR) is 198 cm³/mol. The van der Waals surface area contributed by atoms with E-state index in [1.165, 1.54) is 21.9 Å². The fraction of sp³-hybridized carbons (Fsp3) is 0.182. The largest absolute Gasteiger partial charge is 0.309 e. The smallest absolute Gasteiger partial charge is 0.0629 e. The first-order chi connectivity index (χ1) is 24.2. The Labute approximate surface area is 278 Å². The molecular formula is C44H40N2. The van der Waals surface area contributed by atoms with Gasteiger partial charge in [0.15, 0.2) is 0 Å². The second-order valence-electron chi connectivity index (χ2n) is 14.4. The topological polar surface area (TPSA) is 9.86 Å². The van der Waals surface area contributed by atoms with Gasteiger partial charge in [-0.3, -0.25) is 0 Å². The van der Waals surface area contributed by atoms with Crippen molar-refractivity contribution in [3.05, 3.63) is 144 Å². The van der Waals surface area contributed by atoms with Crippen LogP contribution in [0.15, 0.2) is 133 Å². The van der Waals surface area contributed by atoms with E-state index < -0.39 is 6.04 Å². The van der Waals surface area contributed by atoms with Crippen LogP contribution in [0.4, 0.5) is 0 Å². The number of fused-ring (bicyclic) bond motifs is 6. The lowest BCUT2D eigenvalue weighted by atomic mass is 9.85. The Hall–Kier alpha value is -5.08. The normalized spacial score (nSPS) is 14.1. The Kier molecular flexibility index (Phi) is 5.17. The minimum Gasteiger partial charge on any atom is -0.309 e. The molecule has 0 aliphatic heterocycles. The molecule has 0 radical (unpaired) electrons. The zero-order chi connectivity index (χ0) is 36.1. The number of rotatable bonds is 3. The molecule has 0 atom stereocenters. The van der Waals surface area contributed by atoms with E-state index in [-0.39, 0.29) is 40.6 Å². The molecule has 0 fully saturated rings. The highest BCUT2D eigenvalue weighted by Crippen LogP contribution is 2.42. The standard InChI is InChI=1S/C44H40N2/c1-43(2,3)30-20-23-38-35(26-30)36-27-31(44(4,5)6)21-24-39(36)46(38)33-22-25-40-37(28-33)42-34(29-14-9-7-10-15-29)18-13-19-41(42)45(40)32-16-11-8-12-17-32/h7-28H,1-6H3/i7D,9D,10D,14D,15D. The molecule has 0 spiro atoms. The van der Waals surface area contributed by atoms with Crippen molar-refractivity contribution in [1.29, 1.82) is 0 Å². The van der Waals surface area contributed by atoms with Crippen molar-refractivity contribution in [3.8, 4) is 22.5 Å². The summed E-state index contributed by atoms with van der Waals surface area (Å²) in [5.41, 5.74) is 9.38. The van der Waals surface area contributed by atoms with Crippen LogP contribution in [0.1, 0.15) is 59.5 Å². The molecule has 8 rings (SSSR count). The zero-order valence-electron chi connectivity index (χ0n) is 32.2. The van der Waals surface area contributed by atoms with Crippen LogP contribution in [0, 0.1) is 0 Å². The van der Waals surface area contributed by atoms with E-state index in [0.29, 0.717) is 5.56 Å². The average molecular weight is 602 g/mol. The van der Waals surface area contributed by atoms with Crippen molar-refractivity contribution in [2.75, 3.05) is 0 Å². The summed E-state index contributed by atoms with van der Waals surface area (Å²) >= 11 is 0. The maximum absolute atomic E-state index is 8.90. The van der Waals surface area contributed by atoms with Gasteiger partial charge in [0, 0.05) is 32.9 Å². The van der Waals surface area contributed by atoms with Gasteiger partial charge >= 0.3 is 0 Å². The van der Waals surface area contributed by atoms with Gasteiger partial charge in [-0.25, -0.2) is 0 Å². The maximum Gasteiger partial charge on any atom is 0.0629 e. The van der Waals surface area contributed by atoms with E-state index in [1.807, 2.05) is 36.4 Å². The van der Waals surface area contributed by atoms with Crippen molar-refractivity contribution in [3.63, 3.8) is 0 Å². The minimum absolute atomic E-state index is 0.0117. The highest BCUT2D eigenvalue weighted by atomic mass is 15.0. The third kappa shape index (κ3) is 4.47. The van der Waals surface area contributed by atoms with Gasteiger partial charge in [0.1, 0.15) is 0 Å². The summed E-state index contributed by atoms with van der Waals surface area (Å²) in [4.78, 5) is 0. The van der Waals surface area contributed by atoms with E-state index in [1.54, 1.807) is 0 Å². The molecule has 6 aromatic carbocycles. The zero-order valence-corrected chi connectivity index (χ0v) is 27.2. The van der Waals surface area contributed by atoms with Crippen LogP contribution in [0.5, 0.6) is 0 Å². The van der Waals surface area contributed by atoms with E-state index in [9.17, 15) is 0 Å². The van der Waals surface area contributed by atoms with Gasteiger partial charge in [-0.15, -0.1) is 0 Å². The lowest BCUT2D eigenvalue weighted by Gasteiger charge is -2.19. The Morgan fingerprint density at radius 1 is 0.478 bits per heavy atom. The van der Waals surface area contributed by atoms with Crippen LogP contribution >= 0.6 is 0 Å². The van der Waals surface area contributed by atoms with Crippen LogP contribution < -0.4 is 0 Å². The Bertz CT molecular complexity index is 2600. The third-order valence-corrected chi connectivity index (χ3v) is 9.31. The lowest BCUT2D eigenvalue weighted by Crippen LogP contribution is -2.10. The van der Waals surface area contributed by atoms with Crippen LogP contribution in [-0.2, 0) is 10.8 Å². The third-order valence-electron chi connectivity index (χ3n) is 9.31. The van der Waals surface area contributed by atoms with Crippen molar-refractivity contribution >= 4 is 43.6 Å². The number of para-hydroxylation sites is 1. The molecule has 8 aromatic rings. The SMILES string of the molecule is [2H]c1c([2H])c([2H])c(-c2cccc3c2c2cc(-n4c5ccc(C(C)(C)C)cc5c5cc(C(C)(C)C)ccc54)ccc2n3-c2ccccc2)c([2H])c1[2H]. The van der Waals surface area contributed by atoms with E-state index in [0.717, 1.165) is 44.2 Å². The molecule has 2 aromatic heterocycles. The summed E-state index contributed by atoms with van der Waals surface area (Å²) in [5, 5.41) is 4.18. The summed E-state index contributed by atoms with van der Waals surface area (Å²) in [6.45, 7) is 13.5. The predicted octanol–water partition coefficient (Wildman–Crippen LogP) is 12.1. The van der Waals surface area contributed by atoms with Gasteiger partial charge in [0.25, 0.3) is 0 Å². The second-order valence-corrected chi connectivity index (χ2v) is 14.4. The summed E-state index contributed by atoms with van der Waals surface area (Å²) < 4.78 is 47.5. The summed E-state index contributed by atoms with van der Waals surface area (Å²) in [6, 6.07) is 34.6. The van der Waals surface area contributed by atoms with Crippen LogP contribution in [-0.4, -0.2) is 9.13 Å². The molecule has 46 heavy (non-hydrogen) atoms. The molecule has 0 aliphatic rings. The summed E-state index contributed by atoms with van der Waals surface area (Å²) in [6.07, 6.45) is 0. The van der Waals surface area contributed by atoms with Crippen molar-refractivity contribution < 1.29 is 6.85 Å².